The van der Waals surface area contributed by atoms with Crippen LogP contribution in [0.4, 0.5) is 13.2 Å². The number of aromatic nitrogens is 2. The van der Waals surface area contributed by atoms with Gasteiger partial charge in [-0.3, -0.25) is 14.3 Å². The third kappa shape index (κ3) is 3.98. The Kier molecular flexibility index (Phi) is 5.58. The summed E-state index contributed by atoms with van der Waals surface area (Å²) >= 11 is 0. The van der Waals surface area contributed by atoms with E-state index in [1.807, 2.05) is 0 Å². The molecule has 126 valence electrons. The lowest BCUT2D eigenvalue weighted by molar-refractivity contribution is -0.258. The van der Waals surface area contributed by atoms with Crippen LogP contribution >= 0.6 is 0 Å². The van der Waals surface area contributed by atoms with Gasteiger partial charge in [0.05, 0.1) is 0 Å². The third-order valence-electron chi connectivity index (χ3n) is 3.44. The molecule has 0 radical (unpaired) electrons. The molecule has 1 atom stereocenters. The molecule has 0 spiro atoms. The number of nitrogens with one attached hydrogen (secondary N) is 2. The van der Waals surface area contributed by atoms with Crippen LogP contribution in [-0.2, 0) is 6.54 Å². The van der Waals surface area contributed by atoms with Crippen LogP contribution in [0.5, 0.6) is 0 Å². The van der Waals surface area contributed by atoms with E-state index in [4.69, 9.17) is 0 Å². The van der Waals surface area contributed by atoms with E-state index >= 15 is 0 Å². The summed E-state index contributed by atoms with van der Waals surface area (Å²) in [6.45, 7) is 3.75. The van der Waals surface area contributed by atoms with Crippen molar-refractivity contribution in [3.8, 4) is 0 Å². The highest BCUT2D eigenvalue weighted by Crippen LogP contribution is 2.32. The summed E-state index contributed by atoms with van der Waals surface area (Å²) in [5, 5.41) is 12.0. The van der Waals surface area contributed by atoms with E-state index in [-0.39, 0.29) is 18.2 Å². The van der Waals surface area contributed by atoms with Gasteiger partial charge in [-0.2, -0.15) is 13.2 Å². The number of aromatic amines is 1. The minimum atomic E-state index is -4.77. The van der Waals surface area contributed by atoms with Gasteiger partial charge in [0.15, 0.2) is 5.60 Å². The molecule has 9 heteroatoms. The Labute approximate surface area is 125 Å². The van der Waals surface area contributed by atoms with E-state index in [1.54, 1.807) is 13.8 Å². The molecular formula is C13H20F3N3O3. The Morgan fingerprint density at radius 1 is 1.36 bits per heavy atom. The van der Waals surface area contributed by atoms with Gasteiger partial charge in [-0.1, -0.05) is 6.92 Å². The topological polar surface area (TPSA) is 87.1 Å². The smallest absolute Gasteiger partial charge is 0.379 e. The molecule has 0 saturated carbocycles. The Bertz CT molecular complexity index is 621. The van der Waals surface area contributed by atoms with Crippen molar-refractivity contribution in [3.63, 3.8) is 0 Å². The van der Waals surface area contributed by atoms with E-state index in [0.29, 0.717) is 0 Å². The summed E-state index contributed by atoms with van der Waals surface area (Å²) in [7, 11) is 0. The minimum Gasteiger partial charge on any atom is -0.379 e. The van der Waals surface area contributed by atoms with Crippen LogP contribution in [0.15, 0.2) is 15.8 Å². The van der Waals surface area contributed by atoms with Gasteiger partial charge in [-0.05, 0) is 20.3 Å². The fourth-order valence-corrected chi connectivity index (χ4v) is 1.87. The lowest BCUT2D eigenvalue weighted by atomic mass is 10.0. The summed E-state index contributed by atoms with van der Waals surface area (Å²) < 4.78 is 39.5. The van der Waals surface area contributed by atoms with Crippen LogP contribution in [0.1, 0.15) is 38.8 Å². The van der Waals surface area contributed by atoms with Crippen molar-refractivity contribution in [1.82, 2.24) is 14.9 Å². The van der Waals surface area contributed by atoms with E-state index in [0.717, 1.165) is 0 Å². The van der Waals surface area contributed by atoms with Crippen LogP contribution in [0.2, 0.25) is 0 Å². The summed E-state index contributed by atoms with van der Waals surface area (Å²) in [6, 6.07) is -0.203. The van der Waals surface area contributed by atoms with Gasteiger partial charge in [0, 0.05) is 30.9 Å². The maximum absolute atomic E-state index is 12.7. The predicted octanol–water partition coefficient (Wildman–Crippen LogP) is 0.910. The van der Waals surface area contributed by atoms with Crippen molar-refractivity contribution in [2.75, 3.05) is 6.54 Å². The molecular weight excluding hydrogens is 303 g/mol. The van der Waals surface area contributed by atoms with Crippen molar-refractivity contribution in [1.29, 1.82) is 0 Å². The zero-order valence-corrected chi connectivity index (χ0v) is 12.6. The summed E-state index contributed by atoms with van der Waals surface area (Å²) in [5.41, 5.74) is -3.98. The number of alkyl halides is 3. The molecule has 1 aromatic heterocycles. The molecule has 0 saturated heterocycles. The fourth-order valence-electron chi connectivity index (χ4n) is 1.87. The van der Waals surface area contributed by atoms with Crippen LogP contribution < -0.4 is 16.6 Å². The molecule has 0 aliphatic rings. The zero-order valence-electron chi connectivity index (χ0n) is 12.6. The quantitative estimate of drug-likeness (QED) is 0.726. The first-order valence-electron chi connectivity index (χ1n) is 6.86. The third-order valence-corrected chi connectivity index (χ3v) is 3.44. The molecule has 1 heterocycles. The van der Waals surface area contributed by atoms with Crippen molar-refractivity contribution >= 4 is 0 Å². The number of rotatable bonds is 6. The van der Waals surface area contributed by atoms with Crippen LogP contribution in [0.25, 0.3) is 0 Å². The lowest BCUT2D eigenvalue weighted by Crippen LogP contribution is -2.52. The maximum atomic E-state index is 12.7. The minimum absolute atomic E-state index is 0.119. The van der Waals surface area contributed by atoms with E-state index in [2.05, 4.69) is 10.3 Å². The number of hydrogen-bond donors (Lipinski definition) is 3. The fraction of sp³-hybridized carbons (Fsp3) is 0.692. The van der Waals surface area contributed by atoms with E-state index < -0.39 is 36.0 Å². The number of H-pyrrole nitrogens is 1. The highest BCUT2D eigenvalue weighted by Gasteiger charge is 2.51. The molecule has 1 rings (SSSR count). The highest BCUT2D eigenvalue weighted by atomic mass is 19.4. The second kappa shape index (κ2) is 6.66. The lowest BCUT2D eigenvalue weighted by Gasteiger charge is -2.29. The normalized spacial score (nSPS) is 15.1. The summed E-state index contributed by atoms with van der Waals surface area (Å²) in [5.74, 6) is 0. The van der Waals surface area contributed by atoms with Crippen LogP contribution in [0.3, 0.4) is 0 Å². The van der Waals surface area contributed by atoms with Crippen molar-refractivity contribution in [2.45, 2.75) is 51.6 Å². The van der Waals surface area contributed by atoms with Gasteiger partial charge in [0.2, 0.25) is 0 Å². The average molecular weight is 323 g/mol. The molecule has 0 aliphatic carbocycles. The van der Waals surface area contributed by atoms with Gasteiger partial charge in [0.1, 0.15) is 0 Å². The molecule has 0 aliphatic heterocycles. The van der Waals surface area contributed by atoms with Crippen LogP contribution in [-0.4, -0.2) is 33.0 Å². The number of hydrogen-bond acceptors (Lipinski definition) is 4. The summed E-state index contributed by atoms with van der Waals surface area (Å²) in [4.78, 5) is 25.3. The molecule has 0 aromatic carbocycles. The van der Waals surface area contributed by atoms with Gasteiger partial charge in [-0.25, -0.2) is 4.79 Å². The largest absolute Gasteiger partial charge is 0.418 e. The zero-order chi connectivity index (χ0) is 17.1. The standard InChI is InChI=1S/C13H20F3N3O3/c1-4-12(22,13(14,15)16)7-17-5-9-6-19(8(2)3)11(21)18-10(9)20/h6,8,17,22H,4-5,7H2,1-3H3,(H,18,20,21). The Morgan fingerprint density at radius 2 is 1.95 bits per heavy atom. The van der Waals surface area contributed by atoms with Gasteiger partial charge in [0.25, 0.3) is 5.56 Å². The van der Waals surface area contributed by atoms with Crippen molar-refractivity contribution < 1.29 is 18.3 Å². The monoisotopic (exact) mass is 323 g/mol. The van der Waals surface area contributed by atoms with Crippen molar-refractivity contribution in [2.24, 2.45) is 0 Å². The van der Waals surface area contributed by atoms with Gasteiger partial charge < -0.3 is 10.4 Å². The highest BCUT2D eigenvalue weighted by molar-refractivity contribution is 5.05. The summed E-state index contributed by atoms with van der Waals surface area (Å²) in [6.07, 6.45) is -3.97. The predicted molar refractivity (Wildman–Crippen MR) is 74.7 cm³/mol. The average Bonchev–Trinajstić information content (AvgIpc) is 2.39. The Balaban J connectivity index is 2.88. The van der Waals surface area contributed by atoms with Crippen molar-refractivity contribution in [3.05, 3.63) is 32.6 Å². The maximum Gasteiger partial charge on any atom is 0.418 e. The molecule has 6 nitrogen and oxygen atoms in total. The van der Waals surface area contributed by atoms with Gasteiger partial charge in [-0.15, -0.1) is 0 Å². The SMILES string of the molecule is CCC(O)(CNCc1cn(C(C)C)c(=O)[nH]c1=O)C(F)(F)F. The Hall–Kier alpha value is -1.61. The molecule has 1 aromatic rings. The second-order valence-corrected chi connectivity index (χ2v) is 5.40. The number of halogens is 3. The molecule has 0 bridgehead atoms. The van der Waals surface area contributed by atoms with Crippen LogP contribution in [0, 0.1) is 0 Å². The molecule has 3 N–H and O–H groups in total. The van der Waals surface area contributed by atoms with E-state index in [1.165, 1.54) is 17.7 Å². The number of nitrogens with zero attached hydrogens (tertiary/aromatic N) is 1. The van der Waals surface area contributed by atoms with E-state index in [9.17, 15) is 27.9 Å². The second-order valence-electron chi connectivity index (χ2n) is 5.40. The van der Waals surface area contributed by atoms with Gasteiger partial charge >= 0.3 is 11.9 Å². The first-order valence-corrected chi connectivity index (χ1v) is 6.86. The molecule has 0 fully saturated rings. The first kappa shape index (κ1) is 18.4. The molecule has 0 amide bonds. The Morgan fingerprint density at radius 3 is 2.41 bits per heavy atom. The number of aliphatic hydroxyl groups is 1. The molecule has 22 heavy (non-hydrogen) atoms. The first-order chi connectivity index (χ1) is 10.0. The molecule has 1 unspecified atom stereocenters.